The van der Waals surface area contributed by atoms with E-state index in [0.717, 1.165) is 35.4 Å². The molecule has 2 aromatic heterocycles. The molecule has 0 spiro atoms. The highest BCUT2D eigenvalue weighted by Gasteiger charge is 2.28. The van der Waals surface area contributed by atoms with E-state index in [1.807, 2.05) is 15.6 Å². The van der Waals surface area contributed by atoms with Gasteiger partial charge in [0.25, 0.3) is 5.91 Å². The van der Waals surface area contributed by atoms with Gasteiger partial charge < -0.3 is 10.2 Å². The van der Waals surface area contributed by atoms with Crippen LogP contribution in [0.2, 0.25) is 0 Å². The number of carbonyl (C=O) groups excluding carboxylic acids is 1. The van der Waals surface area contributed by atoms with Gasteiger partial charge in [-0.2, -0.15) is 5.10 Å². The van der Waals surface area contributed by atoms with Crippen molar-refractivity contribution in [3.05, 3.63) is 23.5 Å². The Bertz CT molecular complexity index is 769. The number of nitrogens with one attached hydrogen (secondary N) is 1. The van der Waals surface area contributed by atoms with E-state index in [1.165, 1.54) is 0 Å². The quantitative estimate of drug-likeness (QED) is 0.931. The van der Waals surface area contributed by atoms with Gasteiger partial charge in [-0.05, 0) is 39.7 Å². The van der Waals surface area contributed by atoms with Crippen molar-refractivity contribution in [2.24, 2.45) is 0 Å². The smallest absolute Gasteiger partial charge is 0.254 e. The first-order valence-corrected chi connectivity index (χ1v) is 9.21. The fourth-order valence-electron chi connectivity index (χ4n) is 3.55. The monoisotopic (exact) mass is 343 g/mol. The Kier molecular flexibility index (Phi) is 4.82. The summed E-state index contributed by atoms with van der Waals surface area (Å²) >= 11 is 0. The van der Waals surface area contributed by atoms with Crippen molar-refractivity contribution in [1.29, 1.82) is 0 Å². The second-order valence-corrected chi connectivity index (χ2v) is 7.85. The predicted molar refractivity (Wildman–Crippen MR) is 100.0 cm³/mol. The van der Waals surface area contributed by atoms with Gasteiger partial charge in [-0.1, -0.05) is 13.8 Å². The van der Waals surface area contributed by atoms with Crippen molar-refractivity contribution in [2.45, 2.75) is 65.6 Å². The van der Waals surface area contributed by atoms with E-state index in [4.69, 9.17) is 4.98 Å². The maximum atomic E-state index is 13.3. The van der Waals surface area contributed by atoms with Gasteiger partial charge >= 0.3 is 0 Å². The number of hydrogen-bond acceptors (Lipinski definition) is 4. The fourth-order valence-corrected chi connectivity index (χ4v) is 3.55. The average Bonchev–Trinajstić information content (AvgIpc) is 2.96. The molecule has 0 aromatic carbocycles. The summed E-state index contributed by atoms with van der Waals surface area (Å²) in [5, 5.41) is 8.81. The normalized spacial score (nSPS) is 21.5. The Balaban J connectivity index is 2.09. The van der Waals surface area contributed by atoms with Crippen LogP contribution >= 0.6 is 0 Å². The summed E-state index contributed by atoms with van der Waals surface area (Å²) in [6, 6.07) is 2.76. The lowest BCUT2D eigenvalue weighted by Gasteiger charge is -2.36. The molecule has 1 saturated heterocycles. The summed E-state index contributed by atoms with van der Waals surface area (Å²) in [5.74, 6) is 0.338. The summed E-state index contributed by atoms with van der Waals surface area (Å²) < 4.78 is 1.90. The van der Waals surface area contributed by atoms with Gasteiger partial charge in [-0.25, -0.2) is 9.67 Å². The van der Waals surface area contributed by atoms with Crippen molar-refractivity contribution >= 4 is 16.9 Å². The Morgan fingerprint density at radius 2 is 1.84 bits per heavy atom. The Morgan fingerprint density at radius 1 is 1.20 bits per heavy atom. The molecule has 1 aliphatic rings. The average molecular weight is 343 g/mol. The zero-order valence-corrected chi connectivity index (χ0v) is 16.1. The minimum absolute atomic E-state index is 0.0813. The highest BCUT2D eigenvalue weighted by molar-refractivity contribution is 6.05. The molecule has 0 bridgehead atoms. The number of nitrogens with zero attached hydrogens (tertiary/aromatic N) is 4. The van der Waals surface area contributed by atoms with Gasteiger partial charge in [-0.15, -0.1) is 0 Å². The molecule has 6 heteroatoms. The van der Waals surface area contributed by atoms with Crippen molar-refractivity contribution in [1.82, 2.24) is 25.0 Å². The number of aromatic nitrogens is 3. The Hall–Kier alpha value is -1.95. The number of pyridine rings is 1. The van der Waals surface area contributed by atoms with Gasteiger partial charge in [0.1, 0.15) is 0 Å². The molecule has 6 nitrogen and oxygen atoms in total. The molecule has 0 unspecified atom stereocenters. The number of amides is 1. The predicted octanol–water partition coefficient (Wildman–Crippen LogP) is 2.96. The van der Waals surface area contributed by atoms with Crippen LogP contribution in [0, 0.1) is 0 Å². The lowest BCUT2D eigenvalue weighted by Crippen LogP contribution is -2.55. The van der Waals surface area contributed by atoms with Crippen LogP contribution in [-0.2, 0) is 0 Å². The number of fused-ring (bicyclic) bond motifs is 1. The van der Waals surface area contributed by atoms with Crippen LogP contribution in [0.1, 0.15) is 69.6 Å². The van der Waals surface area contributed by atoms with Crippen LogP contribution in [0.3, 0.4) is 0 Å². The number of carbonyl (C=O) groups is 1. The molecule has 1 N–H and O–H groups in total. The van der Waals surface area contributed by atoms with Crippen LogP contribution < -0.4 is 5.32 Å². The Morgan fingerprint density at radius 3 is 2.40 bits per heavy atom. The molecule has 3 rings (SSSR count). The molecule has 0 aliphatic carbocycles. The number of rotatable bonds is 3. The molecular weight excluding hydrogens is 314 g/mol. The molecular formula is C19H29N5O. The van der Waals surface area contributed by atoms with Crippen LogP contribution in [0.25, 0.3) is 11.0 Å². The van der Waals surface area contributed by atoms with Crippen LogP contribution in [0.15, 0.2) is 12.3 Å². The SMILES string of the molecule is CC(C)c1cc(C(=O)N2C[C@@H](C)N[C@@H](C)C2)c2cnn(C(C)C)c2n1. The van der Waals surface area contributed by atoms with Gasteiger partial charge in [0.15, 0.2) is 5.65 Å². The lowest BCUT2D eigenvalue weighted by atomic mass is 10.0. The maximum Gasteiger partial charge on any atom is 0.254 e. The van der Waals surface area contributed by atoms with Gasteiger partial charge in [0, 0.05) is 36.9 Å². The molecule has 1 amide bonds. The van der Waals surface area contributed by atoms with E-state index < -0.39 is 0 Å². The van der Waals surface area contributed by atoms with Crippen molar-refractivity contribution in [3.8, 4) is 0 Å². The van der Waals surface area contributed by atoms with E-state index >= 15 is 0 Å². The Labute approximate surface area is 149 Å². The lowest BCUT2D eigenvalue weighted by molar-refractivity contribution is 0.0675. The van der Waals surface area contributed by atoms with E-state index in [-0.39, 0.29) is 17.9 Å². The first-order chi connectivity index (χ1) is 11.8. The first kappa shape index (κ1) is 17.9. The molecule has 2 aromatic rings. The molecule has 0 saturated carbocycles. The van der Waals surface area contributed by atoms with Crippen molar-refractivity contribution < 1.29 is 4.79 Å². The minimum Gasteiger partial charge on any atom is -0.336 e. The molecule has 1 fully saturated rings. The minimum atomic E-state index is 0.0813. The molecule has 1 aliphatic heterocycles. The van der Waals surface area contributed by atoms with Gasteiger partial charge in [-0.3, -0.25) is 4.79 Å². The second kappa shape index (κ2) is 6.75. The topological polar surface area (TPSA) is 63.1 Å². The van der Waals surface area contributed by atoms with Crippen molar-refractivity contribution in [2.75, 3.05) is 13.1 Å². The summed E-state index contributed by atoms with van der Waals surface area (Å²) in [7, 11) is 0. The molecule has 0 radical (unpaired) electrons. The van der Waals surface area contributed by atoms with E-state index in [1.54, 1.807) is 6.20 Å². The zero-order chi connectivity index (χ0) is 18.3. The maximum absolute atomic E-state index is 13.3. The third kappa shape index (κ3) is 3.40. The largest absolute Gasteiger partial charge is 0.336 e. The molecule has 3 heterocycles. The van der Waals surface area contributed by atoms with Crippen LogP contribution in [-0.4, -0.2) is 50.7 Å². The summed E-state index contributed by atoms with van der Waals surface area (Å²) in [6.07, 6.45) is 1.79. The van der Waals surface area contributed by atoms with E-state index in [2.05, 4.69) is 52.0 Å². The standard InChI is InChI=1S/C19H29N5O/c1-11(2)17-7-15(16-8-20-24(12(3)4)18(16)22-17)19(25)23-9-13(5)21-14(6)10-23/h7-8,11-14,21H,9-10H2,1-6H3/t13-,14+. The third-order valence-electron chi connectivity index (χ3n) is 4.74. The molecule has 2 atom stereocenters. The van der Waals surface area contributed by atoms with Crippen LogP contribution in [0.4, 0.5) is 0 Å². The fraction of sp³-hybridized carbons (Fsp3) is 0.632. The highest BCUT2D eigenvalue weighted by Crippen LogP contribution is 2.26. The van der Waals surface area contributed by atoms with E-state index in [0.29, 0.717) is 12.1 Å². The zero-order valence-electron chi connectivity index (χ0n) is 16.1. The summed E-state index contributed by atoms with van der Waals surface area (Å²) in [6.45, 7) is 14.1. The number of piperazine rings is 1. The van der Waals surface area contributed by atoms with Crippen molar-refractivity contribution in [3.63, 3.8) is 0 Å². The number of hydrogen-bond donors (Lipinski definition) is 1. The van der Waals surface area contributed by atoms with E-state index in [9.17, 15) is 4.79 Å². The third-order valence-corrected chi connectivity index (χ3v) is 4.74. The molecule has 25 heavy (non-hydrogen) atoms. The molecule has 136 valence electrons. The van der Waals surface area contributed by atoms with Gasteiger partial charge in [0.2, 0.25) is 0 Å². The summed E-state index contributed by atoms with van der Waals surface area (Å²) in [4.78, 5) is 20.0. The van der Waals surface area contributed by atoms with Gasteiger partial charge in [0.05, 0.1) is 17.1 Å². The van der Waals surface area contributed by atoms with Crippen LogP contribution in [0.5, 0.6) is 0 Å². The second-order valence-electron chi connectivity index (χ2n) is 7.85. The first-order valence-electron chi connectivity index (χ1n) is 9.21. The summed E-state index contributed by atoms with van der Waals surface area (Å²) in [5.41, 5.74) is 2.47. The highest BCUT2D eigenvalue weighted by atomic mass is 16.2.